The van der Waals surface area contributed by atoms with Gasteiger partial charge >= 0.3 is 0 Å². The average molecular weight is 371 g/mol. The van der Waals surface area contributed by atoms with Crippen molar-refractivity contribution in [3.05, 3.63) is 76.3 Å². The summed E-state index contributed by atoms with van der Waals surface area (Å²) < 4.78 is 5.56. The molecule has 0 saturated heterocycles. The molecule has 0 spiro atoms. The van der Waals surface area contributed by atoms with E-state index in [1.807, 2.05) is 44.2 Å². The maximum Gasteiger partial charge on any atom is 0.258 e. The number of carbonyl (C=O) groups is 1. The summed E-state index contributed by atoms with van der Waals surface area (Å²) in [6.45, 7) is 3.58. The van der Waals surface area contributed by atoms with E-state index in [1.54, 1.807) is 18.2 Å². The molecule has 134 valence electrons. The van der Waals surface area contributed by atoms with Crippen molar-refractivity contribution in [2.24, 2.45) is 0 Å². The highest BCUT2D eigenvalue weighted by molar-refractivity contribution is 6.31. The summed E-state index contributed by atoms with van der Waals surface area (Å²) in [4.78, 5) is 16.7. The van der Waals surface area contributed by atoms with Crippen molar-refractivity contribution in [3.63, 3.8) is 0 Å². The van der Waals surface area contributed by atoms with E-state index < -0.39 is 6.04 Å². The lowest BCUT2D eigenvalue weighted by Crippen LogP contribution is -2.33. The number of hydrogen-bond acceptors (Lipinski definition) is 4. The highest BCUT2D eigenvalue weighted by Crippen LogP contribution is 2.21. The lowest BCUT2D eigenvalue weighted by molar-refractivity contribution is -0.123. The van der Waals surface area contributed by atoms with Crippen LogP contribution in [0.25, 0.3) is 0 Å². The van der Waals surface area contributed by atoms with Crippen LogP contribution >= 0.6 is 11.6 Å². The van der Waals surface area contributed by atoms with Crippen molar-refractivity contribution in [1.82, 2.24) is 20.5 Å². The number of halogens is 1. The number of aromatic amines is 1. The van der Waals surface area contributed by atoms with Crippen molar-refractivity contribution in [2.45, 2.75) is 19.9 Å². The van der Waals surface area contributed by atoms with Crippen molar-refractivity contribution < 1.29 is 9.53 Å². The van der Waals surface area contributed by atoms with Crippen LogP contribution in [0.4, 0.5) is 0 Å². The number of ether oxygens (including phenoxy) is 1. The Bertz CT molecular complexity index is 896. The summed E-state index contributed by atoms with van der Waals surface area (Å²) in [6.07, 6.45) is 0. The minimum atomic E-state index is -0.454. The number of aryl methyl sites for hydroxylation is 2. The largest absolute Gasteiger partial charge is 0.484 e. The minimum Gasteiger partial charge on any atom is -0.484 e. The molecule has 2 aromatic carbocycles. The molecule has 2 N–H and O–H groups in total. The van der Waals surface area contributed by atoms with E-state index in [0.29, 0.717) is 22.4 Å². The molecule has 1 atom stereocenters. The maximum atomic E-state index is 12.4. The van der Waals surface area contributed by atoms with Crippen LogP contribution in [0.3, 0.4) is 0 Å². The Labute approximate surface area is 156 Å². The summed E-state index contributed by atoms with van der Waals surface area (Å²) in [5, 5.41) is 10.6. The Morgan fingerprint density at radius 2 is 2.00 bits per heavy atom. The first kappa shape index (κ1) is 17.9. The molecule has 1 unspecified atom stereocenters. The molecule has 0 fully saturated rings. The summed E-state index contributed by atoms with van der Waals surface area (Å²) in [6, 6.07) is 14.4. The normalized spacial score (nSPS) is 11.8. The molecular formula is C19H19ClN4O2. The molecule has 26 heavy (non-hydrogen) atoms. The summed E-state index contributed by atoms with van der Waals surface area (Å²) in [5.41, 5.74) is 1.78. The highest BCUT2D eigenvalue weighted by atomic mass is 35.5. The number of rotatable bonds is 6. The first-order valence-electron chi connectivity index (χ1n) is 8.15. The Morgan fingerprint density at radius 1 is 1.23 bits per heavy atom. The van der Waals surface area contributed by atoms with Crippen LogP contribution in [0, 0.1) is 13.8 Å². The van der Waals surface area contributed by atoms with Crippen molar-refractivity contribution in [2.75, 3.05) is 6.61 Å². The smallest absolute Gasteiger partial charge is 0.258 e. The Balaban J connectivity index is 1.70. The van der Waals surface area contributed by atoms with E-state index >= 15 is 0 Å². The van der Waals surface area contributed by atoms with Gasteiger partial charge in [0.05, 0.1) is 0 Å². The lowest BCUT2D eigenvalue weighted by atomic mass is 10.1. The highest BCUT2D eigenvalue weighted by Gasteiger charge is 2.21. The number of hydrogen-bond donors (Lipinski definition) is 2. The second-order valence-electron chi connectivity index (χ2n) is 5.89. The molecule has 0 aliphatic rings. The predicted molar refractivity (Wildman–Crippen MR) is 99.2 cm³/mol. The summed E-state index contributed by atoms with van der Waals surface area (Å²) >= 11 is 6.00. The third kappa shape index (κ3) is 4.40. The van der Waals surface area contributed by atoms with E-state index in [9.17, 15) is 4.79 Å². The van der Waals surface area contributed by atoms with Gasteiger partial charge in [0.15, 0.2) is 12.4 Å². The maximum absolute atomic E-state index is 12.4. The second kappa shape index (κ2) is 8.01. The van der Waals surface area contributed by atoms with Gasteiger partial charge in [0.25, 0.3) is 5.91 Å². The third-order valence-electron chi connectivity index (χ3n) is 3.81. The van der Waals surface area contributed by atoms with Gasteiger partial charge in [-0.1, -0.05) is 41.9 Å². The first-order chi connectivity index (χ1) is 12.5. The number of benzene rings is 2. The molecule has 3 aromatic rings. The minimum absolute atomic E-state index is 0.117. The Kier molecular flexibility index (Phi) is 5.53. The monoisotopic (exact) mass is 370 g/mol. The van der Waals surface area contributed by atoms with Crippen LogP contribution in [0.5, 0.6) is 5.75 Å². The van der Waals surface area contributed by atoms with E-state index in [4.69, 9.17) is 16.3 Å². The Morgan fingerprint density at radius 3 is 2.65 bits per heavy atom. The Hall–Kier alpha value is -2.86. The van der Waals surface area contributed by atoms with E-state index in [0.717, 1.165) is 11.1 Å². The van der Waals surface area contributed by atoms with Crippen LogP contribution in [0.15, 0.2) is 48.5 Å². The van der Waals surface area contributed by atoms with Gasteiger partial charge in [-0.15, -0.1) is 0 Å². The molecule has 0 radical (unpaired) electrons. The number of H-pyrrole nitrogens is 1. The van der Waals surface area contributed by atoms with Crippen LogP contribution in [-0.2, 0) is 4.79 Å². The van der Waals surface area contributed by atoms with Gasteiger partial charge < -0.3 is 10.1 Å². The number of aromatic nitrogens is 3. The third-order valence-corrected chi connectivity index (χ3v) is 4.23. The van der Waals surface area contributed by atoms with Gasteiger partial charge in [-0.05, 0) is 43.2 Å². The zero-order chi connectivity index (χ0) is 18.5. The SMILES string of the molecule is Cc1nc(C(NC(=O)COc2ccc(Cl)c(C)c2)c2ccccc2)n[nH]1. The van der Waals surface area contributed by atoms with E-state index in [-0.39, 0.29) is 12.5 Å². The molecule has 0 saturated carbocycles. The quantitative estimate of drug-likeness (QED) is 0.697. The number of amides is 1. The predicted octanol–water partition coefficient (Wildman–Crippen LogP) is 3.36. The molecule has 3 rings (SSSR count). The van der Waals surface area contributed by atoms with Crippen LogP contribution in [0.2, 0.25) is 5.02 Å². The molecule has 0 bridgehead atoms. The second-order valence-corrected chi connectivity index (χ2v) is 6.30. The van der Waals surface area contributed by atoms with E-state index in [2.05, 4.69) is 20.5 Å². The van der Waals surface area contributed by atoms with Gasteiger partial charge in [0.2, 0.25) is 0 Å². The fourth-order valence-corrected chi connectivity index (χ4v) is 2.61. The van der Waals surface area contributed by atoms with Crippen LogP contribution < -0.4 is 10.1 Å². The summed E-state index contributed by atoms with van der Waals surface area (Å²) in [5.74, 6) is 1.51. The molecule has 1 heterocycles. The fourth-order valence-electron chi connectivity index (χ4n) is 2.49. The molecule has 1 amide bonds. The number of carbonyl (C=O) groups excluding carboxylic acids is 1. The van der Waals surface area contributed by atoms with E-state index in [1.165, 1.54) is 0 Å². The fraction of sp³-hybridized carbons (Fsp3) is 0.211. The van der Waals surface area contributed by atoms with Gasteiger partial charge in [-0.2, -0.15) is 5.10 Å². The van der Waals surface area contributed by atoms with Crippen LogP contribution in [0.1, 0.15) is 28.8 Å². The molecular weight excluding hydrogens is 352 g/mol. The number of nitrogens with zero attached hydrogens (tertiary/aromatic N) is 2. The lowest BCUT2D eigenvalue weighted by Gasteiger charge is -2.16. The topological polar surface area (TPSA) is 79.9 Å². The van der Waals surface area contributed by atoms with Crippen molar-refractivity contribution in [3.8, 4) is 5.75 Å². The van der Waals surface area contributed by atoms with Gasteiger partial charge in [0.1, 0.15) is 17.6 Å². The van der Waals surface area contributed by atoms with Gasteiger partial charge in [-0.25, -0.2) is 4.98 Å². The average Bonchev–Trinajstić information content (AvgIpc) is 3.07. The van der Waals surface area contributed by atoms with Crippen molar-refractivity contribution in [1.29, 1.82) is 0 Å². The number of nitrogens with one attached hydrogen (secondary N) is 2. The zero-order valence-corrected chi connectivity index (χ0v) is 15.2. The standard InChI is InChI=1S/C19H19ClN4O2/c1-12-10-15(8-9-16(12)20)26-11-17(25)22-18(14-6-4-3-5-7-14)19-21-13(2)23-24-19/h3-10,18H,11H2,1-2H3,(H,22,25)(H,21,23,24). The molecule has 0 aliphatic heterocycles. The molecule has 1 aromatic heterocycles. The first-order valence-corrected chi connectivity index (χ1v) is 8.53. The van der Waals surface area contributed by atoms with Gasteiger partial charge in [0, 0.05) is 5.02 Å². The zero-order valence-electron chi connectivity index (χ0n) is 14.5. The molecule has 6 nitrogen and oxygen atoms in total. The van der Waals surface area contributed by atoms with Gasteiger partial charge in [-0.3, -0.25) is 9.89 Å². The van der Waals surface area contributed by atoms with Crippen molar-refractivity contribution >= 4 is 17.5 Å². The van der Waals surface area contributed by atoms with Crippen LogP contribution in [-0.4, -0.2) is 27.7 Å². The molecule has 7 heteroatoms. The molecule has 0 aliphatic carbocycles. The summed E-state index contributed by atoms with van der Waals surface area (Å²) in [7, 11) is 0.